The summed E-state index contributed by atoms with van der Waals surface area (Å²) in [5.74, 6) is -0.154. The van der Waals surface area contributed by atoms with Crippen molar-refractivity contribution in [3.63, 3.8) is 0 Å². The molecule has 3 heterocycles. The van der Waals surface area contributed by atoms with E-state index in [1.54, 1.807) is 6.20 Å². The van der Waals surface area contributed by atoms with Gasteiger partial charge in [-0.1, -0.05) is 51.1 Å². The fourth-order valence-electron chi connectivity index (χ4n) is 7.19. The third-order valence-corrected chi connectivity index (χ3v) is 9.98. The van der Waals surface area contributed by atoms with Crippen LogP contribution < -0.4 is 20.4 Å². The minimum absolute atomic E-state index is 0.0287. The SMILES string of the molecule is C=CC1(C)CC(=C)C(C)(C)CC(NC(=O)c2cn3c4c(c(N5CCN(C(C)C)CC5)c(F)cc4c2=O)Oc2ccccc2-3)C1. The summed E-state index contributed by atoms with van der Waals surface area (Å²) in [5, 5.41) is 3.29. The number of nitrogens with zero attached hydrogens (tertiary/aromatic N) is 3. The van der Waals surface area contributed by atoms with E-state index in [-0.39, 0.29) is 27.8 Å². The van der Waals surface area contributed by atoms with E-state index in [1.165, 1.54) is 6.07 Å². The monoisotopic (exact) mass is 598 g/mol. The second-order valence-electron chi connectivity index (χ2n) is 14.0. The molecule has 232 valence electrons. The summed E-state index contributed by atoms with van der Waals surface area (Å²) < 4.78 is 24.3. The largest absolute Gasteiger partial charge is 0.451 e. The molecular weight excluding hydrogens is 555 g/mol. The molecule has 7 nitrogen and oxygen atoms in total. The van der Waals surface area contributed by atoms with Crippen LogP contribution in [0.3, 0.4) is 0 Å². The number of hydrogen-bond donors (Lipinski definition) is 1. The maximum Gasteiger partial charge on any atom is 0.257 e. The summed E-state index contributed by atoms with van der Waals surface area (Å²) in [6.45, 7) is 22.0. The van der Waals surface area contributed by atoms with Gasteiger partial charge < -0.3 is 19.5 Å². The Bertz CT molecular complexity index is 1730. The molecule has 8 heteroatoms. The molecule has 1 N–H and O–H groups in total. The third-order valence-electron chi connectivity index (χ3n) is 9.98. The van der Waals surface area contributed by atoms with Crippen LogP contribution in [0.4, 0.5) is 10.1 Å². The van der Waals surface area contributed by atoms with E-state index in [9.17, 15) is 9.59 Å². The zero-order valence-corrected chi connectivity index (χ0v) is 26.5. The molecule has 2 fully saturated rings. The Kier molecular flexibility index (Phi) is 7.47. The Hall–Kier alpha value is -3.91. The van der Waals surface area contributed by atoms with E-state index in [0.717, 1.165) is 25.1 Å². The summed E-state index contributed by atoms with van der Waals surface area (Å²) in [6, 6.07) is 8.92. The molecule has 1 saturated heterocycles. The van der Waals surface area contributed by atoms with Gasteiger partial charge in [-0.15, -0.1) is 6.58 Å². The van der Waals surface area contributed by atoms with E-state index in [4.69, 9.17) is 4.74 Å². The van der Waals surface area contributed by atoms with Gasteiger partial charge in [0.05, 0.1) is 11.1 Å². The second kappa shape index (κ2) is 10.9. The van der Waals surface area contributed by atoms with Gasteiger partial charge in [0, 0.05) is 44.5 Å². The fraction of sp³-hybridized carbons (Fsp3) is 0.444. The Labute approximate surface area is 259 Å². The molecule has 44 heavy (non-hydrogen) atoms. The number of amides is 1. The summed E-state index contributed by atoms with van der Waals surface area (Å²) in [5.41, 5.74) is 1.65. The molecule has 0 radical (unpaired) electrons. The Morgan fingerprint density at radius 1 is 1.14 bits per heavy atom. The molecule has 0 bridgehead atoms. The number of para-hydroxylation sites is 2. The topological polar surface area (TPSA) is 66.8 Å². The van der Waals surface area contributed by atoms with Crippen molar-refractivity contribution >= 4 is 22.5 Å². The molecule has 1 amide bonds. The van der Waals surface area contributed by atoms with Crippen LogP contribution in [0.1, 0.15) is 64.2 Å². The average molecular weight is 599 g/mol. The number of ether oxygens (including phenoxy) is 1. The lowest BCUT2D eigenvalue weighted by atomic mass is 9.77. The lowest BCUT2D eigenvalue weighted by molar-refractivity contribution is 0.0920. The van der Waals surface area contributed by atoms with Crippen LogP contribution >= 0.6 is 0 Å². The van der Waals surface area contributed by atoms with Crippen molar-refractivity contribution in [3.05, 3.63) is 82.9 Å². The Morgan fingerprint density at radius 2 is 1.84 bits per heavy atom. The number of benzene rings is 2. The summed E-state index contributed by atoms with van der Waals surface area (Å²) >= 11 is 0. The van der Waals surface area contributed by atoms with E-state index in [2.05, 4.69) is 58.0 Å². The number of pyridine rings is 1. The normalized spacial score (nSPS) is 23.2. The van der Waals surface area contributed by atoms with Crippen molar-refractivity contribution in [3.8, 4) is 17.2 Å². The minimum atomic E-state index is -0.531. The standard InChI is InChI=1S/C36H43FN4O3/c1-8-36(7)18-23(4)35(5,6)19-24(20-36)38-34(43)26-21-41-28-11-9-10-12-29(28)44-33-30(41)25(32(26)42)17-27(37)31(33)40-15-13-39(14-16-40)22(2)3/h8-12,17,21-22,24H,1,4,13-16,18-20H2,2-3,5-7H3,(H,38,43). The number of piperazine rings is 1. The third kappa shape index (κ3) is 5.13. The Morgan fingerprint density at radius 3 is 2.52 bits per heavy atom. The smallest absolute Gasteiger partial charge is 0.257 e. The van der Waals surface area contributed by atoms with E-state index >= 15 is 4.39 Å². The van der Waals surface area contributed by atoms with Gasteiger partial charge in [-0.05, 0) is 62.1 Å². The summed E-state index contributed by atoms with van der Waals surface area (Å²) in [6.07, 6.45) is 5.68. The highest BCUT2D eigenvalue weighted by molar-refractivity contribution is 6.01. The molecule has 1 aliphatic carbocycles. The van der Waals surface area contributed by atoms with Crippen molar-refractivity contribution in [2.24, 2.45) is 10.8 Å². The first-order valence-electron chi connectivity index (χ1n) is 15.6. The molecule has 3 aliphatic rings. The van der Waals surface area contributed by atoms with Gasteiger partial charge in [-0.25, -0.2) is 4.39 Å². The number of rotatable bonds is 5. The number of aromatic nitrogens is 1. The first-order chi connectivity index (χ1) is 20.8. The number of anilines is 1. The highest BCUT2D eigenvalue weighted by Crippen LogP contribution is 2.48. The lowest BCUT2D eigenvalue weighted by Crippen LogP contribution is -2.49. The molecule has 2 atom stereocenters. The van der Waals surface area contributed by atoms with Crippen LogP contribution in [-0.2, 0) is 0 Å². The number of carbonyl (C=O) groups excluding carboxylic acids is 1. The van der Waals surface area contributed by atoms with E-state index in [1.807, 2.05) is 39.8 Å². The first-order valence-corrected chi connectivity index (χ1v) is 15.6. The summed E-state index contributed by atoms with van der Waals surface area (Å²) in [7, 11) is 0. The summed E-state index contributed by atoms with van der Waals surface area (Å²) in [4.78, 5) is 32.3. The van der Waals surface area contributed by atoms with Crippen LogP contribution in [0, 0.1) is 16.6 Å². The molecule has 3 aromatic rings. The number of hydrogen-bond acceptors (Lipinski definition) is 5. The van der Waals surface area contributed by atoms with Crippen molar-refractivity contribution in [1.82, 2.24) is 14.8 Å². The van der Waals surface area contributed by atoms with Gasteiger partial charge in [0.15, 0.2) is 17.3 Å². The van der Waals surface area contributed by atoms with Crippen LogP contribution in [0.2, 0.25) is 0 Å². The van der Waals surface area contributed by atoms with Gasteiger partial charge in [0.25, 0.3) is 5.91 Å². The second-order valence-corrected chi connectivity index (χ2v) is 14.0. The number of nitrogens with one attached hydrogen (secondary N) is 1. The molecule has 0 spiro atoms. The molecule has 1 saturated carbocycles. The zero-order valence-electron chi connectivity index (χ0n) is 26.5. The minimum Gasteiger partial charge on any atom is -0.451 e. The van der Waals surface area contributed by atoms with Gasteiger partial charge in [0.2, 0.25) is 5.43 Å². The fourth-order valence-corrected chi connectivity index (χ4v) is 7.19. The van der Waals surface area contributed by atoms with Gasteiger partial charge in [-0.3, -0.25) is 14.5 Å². The quantitative estimate of drug-likeness (QED) is 0.202. The van der Waals surface area contributed by atoms with E-state index < -0.39 is 17.2 Å². The number of halogens is 1. The molecule has 6 rings (SSSR count). The van der Waals surface area contributed by atoms with Gasteiger partial charge >= 0.3 is 0 Å². The Balaban J connectivity index is 1.44. The van der Waals surface area contributed by atoms with E-state index in [0.29, 0.717) is 60.4 Å². The van der Waals surface area contributed by atoms with Crippen LogP contribution in [-0.4, -0.2) is 53.6 Å². The zero-order chi connectivity index (χ0) is 31.6. The molecular formula is C36H43FN4O3. The average Bonchev–Trinajstić information content (AvgIpc) is 3.06. The number of carbonyl (C=O) groups is 1. The van der Waals surface area contributed by atoms with Gasteiger partial charge in [-0.2, -0.15) is 0 Å². The van der Waals surface area contributed by atoms with Crippen molar-refractivity contribution < 1.29 is 13.9 Å². The molecule has 2 aromatic carbocycles. The number of allylic oxidation sites excluding steroid dienone is 2. The maximum absolute atomic E-state index is 16.1. The van der Waals surface area contributed by atoms with Gasteiger partial charge in [0.1, 0.15) is 16.8 Å². The predicted octanol–water partition coefficient (Wildman–Crippen LogP) is 6.82. The van der Waals surface area contributed by atoms with Crippen molar-refractivity contribution in [1.29, 1.82) is 0 Å². The van der Waals surface area contributed by atoms with Crippen LogP contribution in [0.5, 0.6) is 11.5 Å². The first kappa shape index (κ1) is 30.1. The lowest BCUT2D eigenvalue weighted by Gasteiger charge is -2.39. The molecule has 1 aromatic heterocycles. The van der Waals surface area contributed by atoms with Crippen molar-refractivity contribution in [2.45, 2.75) is 66.0 Å². The highest BCUT2D eigenvalue weighted by Gasteiger charge is 2.39. The highest BCUT2D eigenvalue weighted by atomic mass is 19.1. The molecule has 2 unspecified atom stereocenters. The van der Waals surface area contributed by atoms with Crippen LogP contribution in [0.25, 0.3) is 16.6 Å². The molecule has 2 aliphatic heterocycles. The van der Waals surface area contributed by atoms with Crippen LogP contribution in [0.15, 0.2) is 66.1 Å². The predicted molar refractivity (Wildman–Crippen MR) is 175 cm³/mol. The number of fused-ring (bicyclic) bond motifs is 2. The maximum atomic E-state index is 16.1. The van der Waals surface area contributed by atoms with Crippen molar-refractivity contribution in [2.75, 3.05) is 31.1 Å².